The van der Waals surface area contributed by atoms with Gasteiger partial charge in [-0.05, 0) is 65.7 Å². The maximum absolute atomic E-state index is 2.32. The first-order chi connectivity index (χ1) is 13.0. The third-order valence-electron chi connectivity index (χ3n) is 3.94. The van der Waals surface area contributed by atoms with Gasteiger partial charge in [0.05, 0.1) is 0 Å². The van der Waals surface area contributed by atoms with Crippen LogP contribution in [0.25, 0.3) is 20.2 Å². The van der Waals surface area contributed by atoms with E-state index in [1.165, 1.54) is 36.2 Å². The lowest BCUT2D eigenvalue weighted by atomic mass is 10.0. The molecule has 0 atom stereocenters. The summed E-state index contributed by atoms with van der Waals surface area (Å²) in [6.07, 6.45) is 0. The molecule has 2 aromatic heterocycles. The minimum atomic E-state index is 0.631. The van der Waals surface area contributed by atoms with Gasteiger partial charge in [-0.25, -0.2) is 0 Å². The minimum Gasteiger partial charge on any atom is -0.144 e. The number of aryl methyl sites for hydroxylation is 2. The molecule has 2 heteroatoms. The molecule has 2 heterocycles. The topological polar surface area (TPSA) is 0 Å². The SMILES string of the molecule is CC.CC.Cc1cc2ccc(C(C)C)cc2s1.Cc1ccc2sccc2c1. The van der Waals surface area contributed by atoms with Gasteiger partial charge >= 0.3 is 0 Å². The van der Waals surface area contributed by atoms with E-state index >= 15 is 0 Å². The number of hydrogen-bond acceptors (Lipinski definition) is 2. The number of rotatable bonds is 1. The normalized spacial score (nSPS) is 9.81. The summed E-state index contributed by atoms with van der Waals surface area (Å²) in [5, 5.41) is 4.88. The molecule has 0 aliphatic rings. The number of fused-ring (bicyclic) bond motifs is 2. The molecule has 2 aromatic carbocycles. The Morgan fingerprint density at radius 1 is 0.704 bits per heavy atom. The number of hydrogen-bond donors (Lipinski definition) is 0. The van der Waals surface area contributed by atoms with Crippen LogP contribution in [0.4, 0.5) is 0 Å². The average Bonchev–Trinajstić information content (AvgIpc) is 3.29. The summed E-state index contributed by atoms with van der Waals surface area (Å²) in [7, 11) is 0. The standard InChI is InChI=1S/C12H14S.C9H8S.2C2H6/c1-8(2)10-4-5-11-6-9(3)13-12(11)7-10;1-7-2-3-9-8(6-7)4-5-10-9;2*1-2/h4-8H,1-3H3;2-6H,1H3;2*1-2H3. The number of benzene rings is 2. The summed E-state index contributed by atoms with van der Waals surface area (Å²) in [6.45, 7) is 16.8. The second-order valence-electron chi connectivity index (χ2n) is 6.27. The van der Waals surface area contributed by atoms with Crippen LogP contribution >= 0.6 is 22.7 Å². The Morgan fingerprint density at radius 3 is 2.04 bits per heavy atom. The maximum Gasteiger partial charge on any atom is 0.0348 e. The van der Waals surface area contributed by atoms with E-state index in [2.05, 4.69) is 81.6 Å². The fourth-order valence-electron chi connectivity index (χ4n) is 2.63. The highest BCUT2D eigenvalue weighted by molar-refractivity contribution is 7.19. The van der Waals surface area contributed by atoms with Gasteiger partial charge in [0.1, 0.15) is 0 Å². The number of thiophene rings is 2. The largest absolute Gasteiger partial charge is 0.144 e. The Morgan fingerprint density at radius 2 is 1.37 bits per heavy atom. The molecular formula is C25H34S2. The predicted molar refractivity (Wildman–Crippen MR) is 130 cm³/mol. The van der Waals surface area contributed by atoms with Crippen LogP contribution in [-0.4, -0.2) is 0 Å². The van der Waals surface area contributed by atoms with Crippen molar-refractivity contribution in [2.75, 3.05) is 0 Å². The lowest BCUT2D eigenvalue weighted by Gasteiger charge is -2.03. The molecule has 0 N–H and O–H groups in total. The molecule has 0 amide bonds. The van der Waals surface area contributed by atoms with Gasteiger partial charge in [0, 0.05) is 14.3 Å². The molecule has 0 nitrogen and oxygen atoms in total. The van der Waals surface area contributed by atoms with Gasteiger partial charge in [-0.2, -0.15) is 0 Å². The fraction of sp³-hybridized carbons (Fsp3) is 0.360. The fourth-order valence-corrected chi connectivity index (χ4v) is 4.37. The lowest BCUT2D eigenvalue weighted by Crippen LogP contribution is -1.84. The molecule has 0 aliphatic heterocycles. The van der Waals surface area contributed by atoms with Crippen molar-refractivity contribution in [1.29, 1.82) is 0 Å². The molecule has 0 bridgehead atoms. The molecule has 0 unspecified atom stereocenters. The molecule has 0 aliphatic carbocycles. The highest BCUT2D eigenvalue weighted by Gasteiger charge is 2.02. The van der Waals surface area contributed by atoms with Crippen LogP contribution in [0.5, 0.6) is 0 Å². The summed E-state index contributed by atoms with van der Waals surface area (Å²) in [5.74, 6) is 0.631. The van der Waals surface area contributed by atoms with Crippen molar-refractivity contribution in [2.24, 2.45) is 0 Å². The molecule has 146 valence electrons. The van der Waals surface area contributed by atoms with E-state index in [9.17, 15) is 0 Å². The van der Waals surface area contributed by atoms with E-state index in [0.29, 0.717) is 5.92 Å². The first-order valence-electron chi connectivity index (χ1n) is 9.97. The van der Waals surface area contributed by atoms with E-state index in [0.717, 1.165) is 0 Å². The Hall–Kier alpha value is -1.64. The Kier molecular flexibility index (Phi) is 10.4. The molecule has 0 fully saturated rings. The van der Waals surface area contributed by atoms with E-state index in [4.69, 9.17) is 0 Å². The molecule has 27 heavy (non-hydrogen) atoms. The summed E-state index contributed by atoms with van der Waals surface area (Å²) in [4.78, 5) is 1.40. The Balaban J connectivity index is 0.000000233. The molecule has 0 saturated heterocycles. The van der Waals surface area contributed by atoms with Crippen molar-refractivity contribution >= 4 is 42.8 Å². The maximum atomic E-state index is 2.32. The van der Waals surface area contributed by atoms with Crippen molar-refractivity contribution < 1.29 is 0 Å². The molecular weight excluding hydrogens is 364 g/mol. The summed E-state index contributed by atoms with van der Waals surface area (Å²) < 4.78 is 2.80. The third-order valence-corrected chi connectivity index (χ3v) is 5.85. The first-order valence-corrected chi connectivity index (χ1v) is 11.7. The van der Waals surface area contributed by atoms with Crippen LogP contribution in [0.2, 0.25) is 0 Å². The van der Waals surface area contributed by atoms with Crippen LogP contribution in [0.1, 0.15) is 63.5 Å². The first kappa shape index (κ1) is 23.4. The van der Waals surface area contributed by atoms with Crippen molar-refractivity contribution in [3.05, 3.63) is 69.9 Å². The highest BCUT2D eigenvalue weighted by atomic mass is 32.1. The van der Waals surface area contributed by atoms with E-state index in [1.54, 1.807) is 11.3 Å². The smallest absolute Gasteiger partial charge is 0.0348 e. The van der Waals surface area contributed by atoms with Gasteiger partial charge in [-0.15, -0.1) is 22.7 Å². The van der Waals surface area contributed by atoms with Crippen LogP contribution in [0.15, 0.2) is 53.9 Å². The van der Waals surface area contributed by atoms with Crippen LogP contribution < -0.4 is 0 Å². The van der Waals surface area contributed by atoms with Gasteiger partial charge in [-0.3, -0.25) is 0 Å². The van der Waals surface area contributed by atoms with Crippen LogP contribution in [0, 0.1) is 13.8 Å². The monoisotopic (exact) mass is 398 g/mol. The zero-order valence-corrected chi connectivity index (χ0v) is 19.7. The van der Waals surface area contributed by atoms with Crippen molar-refractivity contribution in [3.8, 4) is 0 Å². The average molecular weight is 399 g/mol. The Labute approximate surface area is 173 Å². The quantitative estimate of drug-likeness (QED) is 0.299. The summed E-state index contributed by atoms with van der Waals surface area (Å²) >= 11 is 3.68. The van der Waals surface area contributed by atoms with E-state index in [1.807, 2.05) is 39.0 Å². The second kappa shape index (κ2) is 11.9. The van der Waals surface area contributed by atoms with Crippen LogP contribution in [-0.2, 0) is 0 Å². The molecule has 0 spiro atoms. The van der Waals surface area contributed by atoms with Gasteiger partial charge in [0.25, 0.3) is 0 Å². The van der Waals surface area contributed by atoms with Crippen LogP contribution in [0.3, 0.4) is 0 Å². The van der Waals surface area contributed by atoms with Gasteiger partial charge in [0.2, 0.25) is 0 Å². The highest BCUT2D eigenvalue weighted by Crippen LogP contribution is 2.28. The molecule has 4 rings (SSSR count). The van der Waals surface area contributed by atoms with Gasteiger partial charge in [-0.1, -0.05) is 71.4 Å². The molecule has 4 aromatic rings. The van der Waals surface area contributed by atoms with Crippen molar-refractivity contribution in [3.63, 3.8) is 0 Å². The summed E-state index contributed by atoms with van der Waals surface area (Å²) in [6, 6.07) is 17.7. The lowest BCUT2D eigenvalue weighted by molar-refractivity contribution is 0.869. The minimum absolute atomic E-state index is 0.631. The van der Waals surface area contributed by atoms with E-state index in [-0.39, 0.29) is 0 Å². The summed E-state index contributed by atoms with van der Waals surface area (Å²) in [5.41, 5.74) is 2.78. The predicted octanol–water partition coefficient (Wildman–Crippen LogP) is 9.60. The van der Waals surface area contributed by atoms with Crippen molar-refractivity contribution in [1.82, 2.24) is 0 Å². The molecule has 0 radical (unpaired) electrons. The Bertz CT molecular complexity index is 926. The van der Waals surface area contributed by atoms with Gasteiger partial charge in [0.15, 0.2) is 0 Å². The second-order valence-corrected chi connectivity index (χ2v) is 8.51. The third kappa shape index (κ3) is 6.79. The zero-order chi connectivity index (χ0) is 20.4. The van der Waals surface area contributed by atoms with Crippen molar-refractivity contribution in [2.45, 2.75) is 61.3 Å². The van der Waals surface area contributed by atoms with E-state index < -0.39 is 0 Å². The zero-order valence-electron chi connectivity index (χ0n) is 18.1. The molecule has 0 saturated carbocycles. The van der Waals surface area contributed by atoms with Gasteiger partial charge < -0.3 is 0 Å².